The first-order chi connectivity index (χ1) is 10.0. The largest absolute Gasteiger partial charge is 0.380 e. The van der Waals surface area contributed by atoms with Crippen molar-refractivity contribution in [3.63, 3.8) is 0 Å². The molecule has 3 atom stereocenters. The maximum absolute atomic E-state index is 13.6. The van der Waals surface area contributed by atoms with Gasteiger partial charge in [-0.3, -0.25) is 4.79 Å². The highest BCUT2D eigenvalue weighted by atomic mass is 35.5. The molecule has 1 aromatic rings. The first-order valence-corrected chi connectivity index (χ1v) is 7.43. The Labute approximate surface area is 128 Å². The zero-order valence-electron chi connectivity index (χ0n) is 12.0. The molecule has 3 rings (SSSR count). The van der Waals surface area contributed by atoms with E-state index >= 15 is 0 Å². The third kappa shape index (κ3) is 2.38. The molecule has 2 unspecified atom stereocenters. The lowest BCUT2D eigenvalue weighted by Crippen LogP contribution is -2.51. The number of ether oxygens (including phenoxy) is 1. The molecule has 0 spiro atoms. The van der Waals surface area contributed by atoms with Crippen molar-refractivity contribution in [3.8, 4) is 0 Å². The van der Waals surface area contributed by atoms with Gasteiger partial charge in [0, 0.05) is 31.7 Å². The van der Waals surface area contributed by atoms with Gasteiger partial charge in [-0.15, -0.1) is 0 Å². The summed E-state index contributed by atoms with van der Waals surface area (Å²) in [5.41, 5.74) is 1.67. The van der Waals surface area contributed by atoms with Gasteiger partial charge in [-0.05, 0) is 25.0 Å². The number of nitrogens with zero attached hydrogens (tertiary/aromatic N) is 1. The summed E-state index contributed by atoms with van der Waals surface area (Å²) >= 11 is 6.05. The summed E-state index contributed by atoms with van der Waals surface area (Å²) in [6.07, 6.45) is 0.812. The summed E-state index contributed by atoms with van der Waals surface area (Å²) in [5.74, 6) is -0.276. The molecule has 0 radical (unpaired) electrons. The van der Waals surface area contributed by atoms with Crippen molar-refractivity contribution in [2.75, 3.05) is 25.6 Å². The Morgan fingerprint density at radius 1 is 1.57 bits per heavy atom. The van der Waals surface area contributed by atoms with E-state index in [9.17, 15) is 9.18 Å². The number of anilines is 1. The van der Waals surface area contributed by atoms with Crippen molar-refractivity contribution in [1.29, 1.82) is 0 Å². The molecule has 2 aliphatic heterocycles. The van der Waals surface area contributed by atoms with E-state index in [4.69, 9.17) is 16.3 Å². The first kappa shape index (κ1) is 14.6. The number of halogens is 2. The number of carbonyl (C=O) groups is 1. The van der Waals surface area contributed by atoms with Gasteiger partial charge in [0.2, 0.25) is 5.91 Å². The van der Waals surface area contributed by atoms with Crippen LogP contribution in [-0.2, 0) is 9.53 Å². The lowest BCUT2D eigenvalue weighted by molar-refractivity contribution is -0.138. The van der Waals surface area contributed by atoms with Crippen LogP contribution in [0, 0.1) is 5.82 Å². The van der Waals surface area contributed by atoms with Crippen molar-refractivity contribution in [3.05, 3.63) is 28.5 Å². The fourth-order valence-electron chi connectivity index (χ4n) is 3.41. The summed E-state index contributed by atoms with van der Waals surface area (Å²) in [7, 11) is 1.52. The number of likely N-dealkylation sites (tertiary alicyclic amines) is 1. The van der Waals surface area contributed by atoms with Gasteiger partial charge in [-0.25, -0.2) is 4.39 Å². The molecule has 21 heavy (non-hydrogen) atoms. The molecular weight excluding hydrogens is 295 g/mol. The van der Waals surface area contributed by atoms with Crippen LogP contribution in [0.3, 0.4) is 0 Å². The number of rotatable bonds is 2. The number of hydrogen-bond acceptors (Lipinski definition) is 3. The van der Waals surface area contributed by atoms with Crippen LogP contribution in [0.25, 0.3) is 0 Å². The fraction of sp³-hybridized carbons (Fsp3) is 0.533. The Morgan fingerprint density at radius 3 is 3.05 bits per heavy atom. The van der Waals surface area contributed by atoms with Crippen LogP contribution in [0.1, 0.15) is 24.8 Å². The Balaban J connectivity index is 1.88. The van der Waals surface area contributed by atoms with E-state index in [1.165, 1.54) is 13.2 Å². The van der Waals surface area contributed by atoms with Gasteiger partial charge in [-0.1, -0.05) is 17.7 Å². The number of nitrogens with one attached hydrogen (secondary N) is 1. The number of piperidine rings is 1. The van der Waals surface area contributed by atoms with Crippen LogP contribution in [0.2, 0.25) is 5.02 Å². The second-order valence-corrected chi connectivity index (χ2v) is 6.12. The average molecular weight is 313 g/mol. The highest BCUT2D eigenvalue weighted by Crippen LogP contribution is 2.45. The third-order valence-corrected chi connectivity index (χ3v) is 4.82. The number of hydrogen-bond donors (Lipinski definition) is 1. The van der Waals surface area contributed by atoms with Crippen LogP contribution in [-0.4, -0.2) is 43.2 Å². The number of methoxy groups -OCH3 is 1. The van der Waals surface area contributed by atoms with E-state index in [-0.39, 0.29) is 35.5 Å². The van der Waals surface area contributed by atoms with Gasteiger partial charge in [0.15, 0.2) is 0 Å². The van der Waals surface area contributed by atoms with E-state index in [1.807, 2.05) is 11.8 Å². The predicted molar refractivity (Wildman–Crippen MR) is 79.2 cm³/mol. The summed E-state index contributed by atoms with van der Waals surface area (Å²) in [6.45, 7) is 2.72. The average Bonchev–Trinajstić information content (AvgIpc) is 2.80. The predicted octanol–water partition coefficient (Wildman–Crippen LogP) is 2.62. The molecular formula is C15H18ClFN2O2. The number of benzene rings is 1. The van der Waals surface area contributed by atoms with Gasteiger partial charge in [-0.2, -0.15) is 0 Å². The molecule has 114 valence electrons. The summed E-state index contributed by atoms with van der Waals surface area (Å²) in [4.78, 5) is 14.0. The molecule has 1 fully saturated rings. The van der Waals surface area contributed by atoms with Crippen molar-refractivity contribution in [1.82, 2.24) is 4.90 Å². The van der Waals surface area contributed by atoms with E-state index in [0.29, 0.717) is 12.2 Å². The lowest BCUT2D eigenvalue weighted by Gasteiger charge is -2.40. The third-order valence-electron chi connectivity index (χ3n) is 4.45. The fourth-order valence-corrected chi connectivity index (χ4v) is 3.64. The monoisotopic (exact) mass is 312 g/mol. The molecule has 1 saturated heterocycles. The Morgan fingerprint density at radius 2 is 2.33 bits per heavy atom. The van der Waals surface area contributed by atoms with E-state index in [1.54, 1.807) is 6.07 Å². The Bertz CT molecular complexity index is 581. The number of amides is 1. The lowest BCUT2D eigenvalue weighted by atomic mass is 9.86. The van der Waals surface area contributed by atoms with E-state index < -0.39 is 5.82 Å². The van der Waals surface area contributed by atoms with Gasteiger partial charge >= 0.3 is 0 Å². The molecule has 0 aromatic heterocycles. The minimum atomic E-state index is -0.415. The van der Waals surface area contributed by atoms with Crippen molar-refractivity contribution >= 4 is 23.2 Å². The Kier molecular flexibility index (Phi) is 3.80. The quantitative estimate of drug-likeness (QED) is 0.913. The first-order valence-electron chi connectivity index (χ1n) is 7.05. The van der Waals surface area contributed by atoms with Crippen LogP contribution in [0.4, 0.5) is 10.1 Å². The molecule has 0 saturated carbocycles. The van der Waals surface area contributed by atoms with Crippen LogP contribution in [0.5, 0.6) is 0 Å². The topological polar surface area (TPSA) is 41.6 Å². The maximum Gasteiger partial charge on any atom is 0.248 e. The summed E-state index contributed by atoms with van der Waals surface area (Å²) < 4.78 is 18.5. The molecule has 0 bridgehead atoms. The molecule has 2 aliphatic rings. The molecule has 1 amide bonds. The molecule has 2 heterocycles. The van der Waals surface area contributed by atoms with E-state index in [0.717, 1.165) is 12.0 Å². The van der Waals surface area contributed by atoms with Crippen LogP contribution < -0.4 is 5.32 Å². The molecule has 4 nitrogen and oxygen atoms in total. The smallest absolute Gasteiger partial charge is 0.248 e. The Hall–Kier alpha value is -1.33. The van der Waals surface area contributed by atoms with Crippen molar-refractivity contribution < 1.29 is 13.9 Å². The number of carbonyl (C=O) groups excluding carboxylic acids is 1. The SMILES string of the molecule is COCC(=O)N1CC2c3ccc(F)c(Cl)c3NC2C[C@H]1C. The van der Waals surface area contributed by atoms with Crippen LogP contribution in [0.15, 0.2) is 12.1 Å². The van der Waals surface area contributed by atoms with E-state index in [2.05, 4.69) is 5.32 Å². The highest BCUT2D eigenvalue weighted by molar-refractivity contribution is 6.33. The van der Waals surface area contributed by atoms with Gasteiger partial charge in [0.1, 0.15) is 12.4 Å². The second-order valence-electron chi connectivity index (χ2n) is 5.75. The zero-order chi connectivity index (χ0) is 15.1. The standard InChI is InChI=1S/C15H18ClFN2O2/c1-8-5-12-10(6-19(8)13(20)7-21-2)9-3-4-11(17)14(16)15(9)18-12/h3-4,8,10,12,18H,5-7H2,1-2H3/t8-,10?,12?/m1/s1. The molecule has 0 aliphatic carbocycles. The normalized spacial score (nSPS) is 27.0. The summed E-state index contributed by atoms with van der Waals surface area (Å²) in [6, 6.07) is 3.48. The summed E-state index contributed by atoms with van der Waals surface area (Å²) in [5, 5.41) is 3.47. The molecule has 1 N–H and O–H groups in total. The van der Waals surface area contributed by atoms with Crippen LogP contribution >= 0.6 is 11.6 Å². The van der Waals surface area contributed by atoms with Crippen molar-refractivity contribution in [2.45, 2.75) is 31.3 Å². The zero-order valence-corrected chi connectivity index (χ0v) is 12.8. The highest BCUT2D eigenvalue weighted by Gasteiger charge is 2.42. The number of fused-ring (bicyclic) bond motifs is 3. The van der Waals surface area contributed by atoms with Gasteiger partial charge < -0.3 is 15.0 Å². The molecule has 6 heteroatoms. The minimum absolute atomic E-state index is 0.00916. The molecule has 1 aromatic carbocycles. The van der Waals surface area contributed by atoms with Crippen molar-refractivity contribution in [2.24, 2.45) is 0 Å². The van der Waals surface area contributed by atoms with Gasteiger partial charge in [0.05, 0.1) is 10.7 Å². The second kappa shape index (κ2) is 5.46. The van der Waals surface area contributed by atoms with Gasteiger partial charge in [0.25, 0.3) is 0 Å². The maximum atomic E-state index is 13.6. The minimum Gasteiger partial charge on any atom is -0.380 e.